The molecule has 2 aromatic carbocycles. The van der Waals surface area contributed by atoms with Crippen LogP contribution >= 0.6 is 0 Å². The lowest BCUT2D eigenvalue weighted by molar-refractivity contribution is -0.116. The number of benzene rings is 2. The van der Waals surface area contributed by atoms with E-state index in [1.165, 1.54) is 0 Å². The highest BCUT2D eigenvalue weighted by Crippen LogP contribution is 2.27. The predicted octanol–water partition coefficient (Wildman–Crippen LogP) is 4.98. The Morgan fingerprint density at radius 1 is 1.09 bits per heavy atom. The van der Waals surface area contributed by atoms with Crippen molar-refractivity contribution in [2.75, 3.05) is 25.5 Å². The van der Waals surface area contributed by atoms with Gasteiger partial charge in [0.05, 0.1) is 18.5 Å². The van der Waals surface area contributed by atoms with Crippen LogP contribution in [-0.2, 0) is 10.2 Å². The number of amides is 2. The van der Waals surface area contributed by atoms with E-state index in [4.69, 9.17) is 9.84 Å². The van der Waals surface area contributed by atoms with Gasteiger partial charge in [-0.15, -0.1) is 0 Å². The predicted molar refractivity (Wildman–Crippen MR) is 135 cm³/mol. The van der Waals surface area contributed by atoms with Crippen LogP contribution in [0.4, 0.5) is 5.82 Å². The van der Waals surface area contributed by atoms with Gasteiger partial charge in [-0.3, -0.25) is 9.59 Å². The molecule has 0 unspecified atom stereocenters. The lowest BCUT2D eigenvalue weighted by Crippen LogP contribution is -2.39. The summed E-state index contributed by atoms with van der Waals surface area (Å²) >= 11 is 0. The smallest absolute Gasteiger partial charge is 0.254 e. The van der Waals surface area contributed by atoms with E-state index >= 15 is 0 Å². The van der Waals surface area contributed by atoms with Crippen molar-refractivity contribution in [3.8, 4) is 11.4 Å². The second-order valence-corrected chi connectivity index (χ2v) is 9.36. The Balaban J connectivity index is 1.86. The topological polar surface area (TPSA) is 76.5 Å². The van der Waals surface area contributed by atoms with Crippen LogP contribution in [0.2, 0.25) is 0 Å². The molecule has 1 N–H and O–H groups in total. The molecule has 0 atom stereocenters. The molecule has 7 nitrogen and oxygen atoms in total. The monoisotopic (exact) mass is 462 g/mol. The lowest BCUT2D eigenvalue weighted by atomic mass is 9.92. The molecule has 0 aliphatic heterocycles. The highest BCUT2D eigenvalue weighted by molar-refractivity contribution is 6.00. The summed E-state index contributed by atoms with van der Waals surface area (Å²) in [5.74, 6) is 0.877. The van der Waals surface area contributed by atoms with Gasteiger partial charge < -0.3 is 15.0 Å². The maximum atomic E-state index is 13.1. The van der Waals surface area contributed by atoms with Crippen LogP contribution in [0.15, 0.2) is 54.6 Å². The summed E-state index contributed by atoms with van der Waals surface area (Å²) in [5, 5.41) is 7.73. The highest BCUT2D eigenvalue weighted by Gasteiger charge is 2.24. The van der Waals surface area contributed by atoms with Crippen LogP contribution in [-0.4, -0.2) is 46.7 Å². The molecule has 34 heavy (non-hydrogen) atoms. The van der Waals surface area contributed by atoms with Crippen molar-refractivity contribution in [2.45, 2.75) is 46.5 Å². The minimum absolute atomic E-state index is 0.0420. The van der Waals surface area contributed by atoms with Gasteiger partial charge in [0, 0.05) is 23.6 Å². The third-order valence-electron chi connectivity index (χ3n) is 5.55. The molecular weight excluding hydrogens is 428 g/mol. The zero-order chi connectivity index (χ0) is 24.9. The van der Waals surface area contributed by atoms with Crippen molar-refractivity contribution in [3.05, 3.63) is 71.4 Å². The Kier molecular flexibility index (Phi) is 7.76. The Morgan fingerprint density at radius 2 is 1.76 bits per heavy atom. The standard InChI is InChI=1S/C27H34N4O3/c1-7-16-30(26(33)22-11-9-8-10-19(22)2)18-25(32)28-24-17-23(27(3,4)5)29-31(24)20-12-14-21(34-6)15-13-20/h8-15,17H,7,16,18H2,1-6H3,(H,28,32). The Bertz CT molecular complexity index is 1140. The van der Waals surface area contributed by atoms with E-state index in [1.54, 1.807) is 22.8 Å². The third-order valence-corrected chi connectivity index (χ3v) is 5.55. The summed E-state index contributed by atoms with van der Waals surface area (Å²) in [5.41, 5.74) is 2.95. The summed E-state index contributed by atoms with van der Waals surface area (Å²) in [7, 11) is 1.62. The van der Waals surface area contributed by atoms with Crippen molar-refractivity contribution in [2.24, 2.45) is 0 Å². The Morgan fingerprint density at radius 3 is 2.35 bits per heavy atom. The molecule has 0 radical (unpaired) electrons. The van der Waals surface area contributed by atoms with Crippen molar-refractivity contribution in [1.29, 1.82) is 0 Å². The van der Waals surface area contributed by atoms with Crippen LogP contribution in [0.5, 0.6) is 5.75 Å². The molecule has 2 amide bonds. The van der Waals surface area contributed by atoms with E-state index in [-0.39, 0.29) is 23.8 Å². The Hall–Kier alpha value is -3.61. The number of ether oxygens (including phenoxy) is 1. The first-order valence-electron chi connectivity index (χ1n) is 11.5. The number of nitrogens with zero attached hydrogens (tertiary/aromatic N) is 3. The van der Waals surface area contributed by atoms with E-state index < -0.39 is 0 Å². The number of aryl methyl sites for hydroxylation is 1. The largest absolute Gasteiger partial charge is 0.497 e. The van der Waals surface area contributed by atoms with Crippen LogP contribution in [0.25, 0.3) is 5.69 Å². The molecule has 0 saturated heterocycles. The van der Waals surface area contributed by atoms with Gasteiger partial charge in [-0.05, 0) is 49.2 Å². The maximum absolute atomic E-state index is 13.1. The number of carbonyl (C=O) groups is 2. The lowest BCUT2D eigenvalue weighted by Gasteiger charge is -2.22. The van der Waals surface area contributed by atoms with E-state index in [1.807, 2.05) is 62.4 Å². The number of hydrogen-bond donors (Lipinski definition) is 1. The van der Waals surface area contributed by atoms with Gasteiger partial charge in [-0.2, -0.15) is 5.10 Å². The van der Waals surface area contributed by atoms with Crippen LogP contribution < -0.4 is 10.1 Å². The minimum atomic E-state index is -0.273. The molecule has 0 saturated carbocycles. The zero-order valence-corrected chi connectivity index (χ0v) is 20.9. The molecule has 0 aliphatic carbocycles. The fourth-order valence-corrected chi connectivity index (χ4v) is 3.62. The van der Waals surface area contributed by atoms with Crippen LogP contribution in [0.1, 0.15) is 55.7 Å². The molecular formula is C27H34N4O3. The van der Waals surface area contributed by atoms with Gasteiger partial charge in [0.2, 0.25) is 5.91 Å². The average molecular weight is 463 g/mol. The quantitative estimate of drug-likeness (QED) is 0.512. The van der Waals surface area contributed by atoms with Crippen molar-refractivity contribution >= 4 is 17.6 Å². The number of aromatic nitrogens is 2. The third kappa shape index (κ3) is 5.84. The molecule has 0 spiro atoms. The normalized spacial score (nSPS) is 11.2. The van der Waals surface area contributed by atoms with E-state index in [2.05, 4.69) is 26.1 Å². The SMILES string of the molecule is CCCN(CC(=O)Nc1cc(C(C)(C)C)nn1-c1ccc(OC)cc1)C(=O)c1ccccc1C. The van der Waals surface area contributed by atoms with Gasteiger partial charge in [-0.25, -0.2) is 4.68 Å². The van der Waals surface area contributed by atoms with Crippen molar-refractivity contribution < 1.29 is 14.3 Å². The number of anilines is 1. The molecule has 180 valence electrons. The number of carbonyl (C=O) groups excluding carboxylic acids is 2. The van der Waals surface area contributed by atoms with Gasteiger partial charge in [0.1, 0.15) is 18.1 Å². The van der Waals surface area contributed by atoms with Crippen molar-refractivity contribution in [3.63, 3.8) is 0 Å². The van der Waals surface area contributed by atoms with E-state index in [0.29, 0.717) is 17.9 Å². The van der Waals surface area contributed by atoms with Gasteiger partial charge in [0.15, 0.2) is 0 Å². The fourth-order valence-electron chi connectivity index (χ4n) is 3.62. The fraction of sp³-hybridized carbons (Fsp3) is 0.370. The molecule has 7 heteroatoms. The first kappa shape index (κ1) is 25.0. The number of rotatable bonds is 8. The first-order chi connectivity index (χ1) is 16.1. The molecule has 1 heterocycles. The molecule has 1 aromatic heterocycles. The minimum Gasteiger partial charge on any atom is -0.497 e. The number of nitrogens with one attached hydrogen (secondary N) is 1. The number of hydrogen-bond acceptors (Lipinski definition) is 4. The molecule has 0 fully saturated rings. The second-order valence-electron chi connectivity index (χ2n) is 9.36. The maximum Gasteiger partial charge on any atom is 0.254 e. The first-order valence-corrected chi connectivity index (χ1v) is 11.5. The zero-order valence-electron chi connectivity index (χ0n) is 20.9. The van der Waals surface area contributed by atoms with Gasteiger partial charge in [-0.1, -0.05) is 45.9 Å². The van der Waals surface area contributed by atoms with Gasteiger partial charge >= 0.3 is 0 Å². The van der Waals surface area contributed by atoms with E-state index in [0.717, 1.165) is 29.1 Å². The Labute approximate surface area is 201 Å². The molecule has 3 rings (SSSR count). The highest BCUT2D eigenvalue weighted by atomic mass is 16.5. The summed E-state index contributed by atoms with van der Waals surface area (Å²) < 4.78 is 6.97. The van der Waals surface area contributed by atoms with Crippen LogP contribution in [0.3, 0.4) is 0 Å². The number of methoxy groups -OCH3 is 1. The molecule has 3 aromatic rings. The average Bonchev–Trinajstić information content (AvgIpc) is 3.23. The van der Waals surface area contributed by atoms with Gasteiger partial charge in [0.25, 0.3) is 5.91 Å². The summed E-state index contributed by atoms with van der Waals surface area (Å²) in [6.45, 7) is 10.6. The van der Waals surface area contributed by atoms with Crippen LogP contribution in [0, 0.1) is 6.92 Å². The summed E-state index contributed by atoms with van der Waals surface area (Å²) in [4.78, 5) is 27.8. The molecule has 0 aliphatic rings. The van der Waals surface area contributed by atoms with E-state index in [9.17, 15) is 9.59 Å². The second kappa shape index (κ2) is 10.5. The van der Waals surface area contributed by atoms with Crippen molar-refractivity contribution in [1.82, 2.24) is 14.7 Å². The summed E-state index contributed by atoms with van der Waals surface area (Å²) in [6, 6.07) is 16.8. The molecule has 0 bridgehead atoms. The summed E-state index contributed by atoms with van der Waals surface area (Å²) in [6.07, 6.45) is 0.753.